The van der Waals surface area contributed by atoms with Crippen molar-refractivity contribution in [3.8, 4) is 0 Å². The normalized spacial score (nSPS) is 9.94. The van der Waals surface area contributed by atoms with Crippen molar-refractivity contribution in [1.29, 1.82) is 0 Å². The quantitative estimate of drug-likeness (QED) is 0.373. The molecular weight excluding hydrogens is 412 g/mol. The van der Waals surface area contributed by atoms with Crippen LogP contribution in [0, 0.1) is 5.92 Å². The summed E-state index contributed by atoms with van der Waals surface area (Å²) >= 11 is 0. The average Bonchev–Trinajstić information content (AvgIpc) is 2.01. The molecule has 0 amide bonds. The van der Waals surface area contributed by atoms with Crippen LogP contribution in [-0.2, 0) is 30.6 Å². The summed E-state index contributed by atoms with van der Waals surface area (Å²) in [5.74, 6) is 2.25. The maximum atomic E-state index is 9.60. The predicted octanol–water partition coefficient (Wildman–Crippen LogP) is 3.87. The molecule has 0 aliphatic rings. The summed E-state index contributed by atoms with van der Waals surface area (Å²) in [6.07, 6.45) is 0. The van der Waals surface area contributed by atoms with Gasteiger partial charge < -0.3 is 15.4 Å². The van der Waals surface area contributed by atoms with Crippen LogP contribution in [0.4, 0.5) is 0 Å². The monoisotopic (exact) mass is 434 g/mol. The van der Waals surface area contributed by atoms with Gasteiger partial charge in [-0.3, -0.25) is 0 Å². The molecule has 0 atom stereocenters. The van der Waals surface area contributed by atoms with Gasteiger partial charge in [0.05, 0.1) is 6.61 Å². The minimum atomic E-state index is 0. The van der Waals surface area contributed by atoms with E-state index in [4.69, 9.17) is 0 Å². The van der Waals surface area contributed by atoms with E-state index in [0.717, 1.165) is 5.75 Å². The molecule has 0 saturated heterocycles. The van der Waals surface area contributed by atoms with Crippen molar-refractivity contribution in [3.05, 3.63) is 5.92 Å². The van der Waals surface area contributed by atoms with E-state index in [9.17, 15) is 4.79 Å². The third-order valence-corrected chi connectivity index (χ3v) is 3.94. The second-order valence-electron chi connectivity index (χ2n) is 4.45. The van der Waals surface area contributed by atoms with Crippen molar-refractivity contribution >= 4 is 28.1 Å². The number of carbonyl (C=O) groups excluding carboxylic acids is 1. The molecule has 0 heterocycles. The molecule has 0 aromatic carbocycles. The fraction of sp³-hybridized carbons (Fsp3) is 0.818. The van der Waals surface area contributed by atoms with Gasteiger partial charge in [0, 0.05) is 10.5 Å². The van der Waals surface area contributed by atoms with Crippen LogP contribution < -0.4 is 0 Å². The van der Waals surface area contributed by atoms with Gasteiger partial charge in [0.25, 0.3) is 0 Å². The largest absolute Gasteiger partial charge is 2.00 e. The van der Waals surface area contributed by atoms with Crippen LogP contribution in [0.5, 0.6) is 0 Å². The summed E-state index contributed by atoms with van der Waals surface area (Å²) in [4.78, 5) is 9.60. The summed E-state index contributed by atoms with van der Waals surface area (Å²) in [6.45, 7) is 14.5. The van der Waals surface area contributed by atoms with Crippen LogP contribution in [0.25, 0.3) is 0 Å². The fourth-order valence-corrected chi connectivity index (χ4v) is 2.44. The Bertz CT molecular complexity index is 145. The summed E-state index contributed by atoms with van der Waals surface area (Å²) in [6, 6.07) is 0. The molecule has 0 aromatic rings. The Balaban J connectivity index is -0.000000292. The zero-order valence-corrected chi connectivity index (χ0v) is 15.5. The maximum Gasteiger partial charge on any atom is 2.00 e. The molecule has 96 valence electrons. The molecule has 0 rings (SSSR count). The Hall–Kier alpha value is 0.858. The average molecular weight is 434 g/mol. The van der Waals surface area contributed by atoms with Gasteiger partial charge in [-0.2, -0.15) is 20.8 Å². The van der Waals surface area contributed by atoms with Crippen molar-refractivity contribution in [3.63, 3.8) is 0 Å². The molecule has 0 fully saturated rings. The molecule has 16 heavy (non-hydrogen) atoms. The van der Waals surface area contributed by atoms with Gasteiger partial charge in [-0.15, -0.1) is 0 Å². The van der Waals surface area contributed by atoms with Crippen LogP contribution >= 0.6 is 21.6 Å². The van der Waals surface area contributed by atoms with Gasteiger partial charge >= 0.3 is 21.1 Å². The van der Waals surface area contributed by atoms with E-state index >= 15 is 0 Å². The number of rotatable bonds is 5. The Labute approximate surface area is 123 Å². The first-order chi connectivity index (χ1) is 6.79. The maximum absolute atomic E-state index is 9.60. The zero-order valence-electron chi connectivity index (χ0n) is 11.0. The van der Waals surface area contributed by atoms with E-state index in [-0.39, 0.29) is 25.8 Å². The molecule has 0 aliphatic carbocycles. The van der Waals surface area contributed by atoms with Gasteiger partial charge in [-0.25, -0.2) is 0 Å². The predicted molar refractivity (Wildman–Crippen MR) is 71.7 cm³/mol. The summed E-state index contributed by atoms with van der Waals surface area (Å²) in [5.41, 5.74) is 0. The van der Waals surface area contributed by atoms with Gasteiger partial charge in [0.2, 0.25) is 0 Å². The van der Waals surface area contributed by atoms with E-state index in [0.29, 0.717) is 6.61 Å². The van der Waals surface area contributed by atoms with Crippen LogP contribution in [0.15, 0.2) is 0 Å². The van der Waals surface area contributed by atoms with Gasteiger partial charge in [0.15, 0.2) is 0 Å². The Kier molecular flexibility index (Phi) is 19.2. The van der Waals surface area contributed by atoms with Crippen LogP contribution in [-0.4, -0.2) is 23.6 Å². The standard InChI is InChI=1S/C7H13O2S2.C4H9.W/c1-7(2,3)11-10-5-4-9-6-8;1-4(2)3;/h4-5H2,1-3H3;1-3H3;/q2*-1;+2. The summed E-state index contributed by atoms with van der Waals surface area (Å²) in [5, 5.41) is 0. The number of ether oxygens (including phenoxy) is 1. The zero-order chi connectivity index (χ0) is 12.3. The third-order valence-electron chi connectivity index (χ3n) is 0.637. The molecule has 0 aliphatic heterocycles. The topological polar surface area (TPSA) is 26.3 Å². The molecule has 0 aromatic heterocycles. The smallest absolute Gasteiger partial charge is 0.652 e. The summed E-state index contributed by atoms with van der Waals surface area (Å²) in [7, 11) is 3.50. The van der Waals surface area contributed by atoms with E-state index in [1.807, 2.05) is 0 Å². The minimum absolute atomic E-state index is 0. The molecule has 0 bridgehead atoms. The molecule has 0 spiro atoms. The minimum Gasteiger partial charge on any atom is -0.652 e. The number of hydrogen-bond donors (Lipinski definition) is 0. The summed E-state index contributed by atoms with van der Waals surface area (Å²) < 4.78 is 4.68. The van der Waals surface area contributed by atoms with Crippen molar-refractivity contribution in [1.82, 2.24) is 0 Å². The van der Waals surface area contributed by atoms with E-state index in [1.54, 1.807) is 21.6 Å². The fourth-order valence-electron chi connectivity index (χ4n) is 0.336. The molecular formula is C11H22O2S2W. The van der Waals surface area contributed by atoms with Crippen LogP contribution in [0.2, 0.25) is 0 Å². The first-order valence-electron chi connectivity index (χ1n) is 4.86. The van der Waals surface area contributed by atoms with Crippen molar-refractivity contribution in [2.75, 3.05) is 12.4 Å². The van der Waals surface area contributed by atoms with Gasteiger partial charge in [-0.05, 0) is 0 Å². The van der Waals surface area contributed by atoms with E-state index < -0.39 is 0 Å². The second kappa shape index (κ2) is 13.9. The SMILES string of the molecule is CC(C)(C)SSCCO[C-]=O.C[C-](C)C.[W+2]. The van der Waals surface area contributed by atoms with Gasteiger partial charge in [-0.1, -0.05) is 48.8 Å². The molecule has 0 N–H and O–H groups in total. The third kappa shape index (κ3) is 36.4. The Morgan fingerprint density at radius 2 is 1.69 bits per heavy atom. The van der Waals surface area contributed by atoms with Gasteiger partial charge in [0.1, 0.15) is 0 Å². The van der Waals surface area contributed by atoms with E-state index in [2.05, 4.69) is 46.3 Å². The molecule has 0 unspecified atom stereocenters. The first-order valence-corrected chi connectivity index (χ1v) is 7.18. The molecule has 5 heteroatoms. The van der Waals surface area contributed by atoms with E-state index in [1.165, 1.54) is 12.4 Å². The molecule has 0 radical (unpaired) electrons. The second-order valence-corrected chi connectivity index (χ2v) is 7.69. The van der Waals surface area contributed by atoms with Crippen molar-refractivity contribution in [2.24, 2.45) is 0 Å². The van der Waals surface area contributed by atoms with Crippen molar-refractivity contribution in [2.45, 2.75) is 46.3 Å². The Morgan fingerprint density at radius 1 is 1.25 bits per heavy atom. The number of hydrogen-bond acceptors (Lipinski definition) is 4. The van der Waals surface area contributed by atoms with Crippen LogP contribution in [0.3, 0.4) is 0 Å². The van der Waals surface area contributed by atoms with Crippen LogP contribution in [0.1, 0.15) is 41.5 Å². The molecule has 0 saturated carbocycles. The Morgan fingerprint density at radius 3 is 2.00 bits per heavy atom. The van der Waals surface area contributed by atoms with Crippen molar-refractivity contribution < 1.29 is 30.6 Å². The molecule has 2 nitrogen and oxygen atoms in total. The first kappa shape index (κ1) is 22.1.